The maximum atomic E-state index is 5.46. The highest BCUT2D eigenvalue weighted by molar-refractivity contribution is 5.49. The van der Waals surface area contributed by atoms with E-state index in [2.05, 4.69) is 26.9 Å². The molecule has 0 fully saturated rings. The van der Waals surface area contributed by atoms with Crippen molar-refractivity contribution in [2.45, 2.75) is 18.9 Å². The molecule has 1 unspecified atom stereocenters. The predicted octanol–water partition coefficient (Wildman–Crippen LogP) is 2.77. The van der Waals surface area contributed by atoms with E-state index in [1.54, 1.807) is 11.8 Å². The summed E-state index contributed by atoms with van der Waals surface area (Å²) < 4.78 is 7.18. The van der Waals surface area contributed by atoms with Gasteiger partial charge in [0.25, 0.3) is 0 Å². The summed E-state index contributed by atoms with van der Waals surface area (Å²) in [6.45, 7) is 0. The van der Waals surface area contributed by atoms with Gasteiger partial charge in [0.15, 0.2) is 0 Å². The van der Waals surface area contributed by atoms with E-state index in [0.29, 0.717) is 5.95 Å². The molecule has 4 rings (SSSR count). The van der Waals surface area contributed by atoms with Gasteiger partial charge in [0.1, 0.15) is 5.75 Å². The molecule has 1 heterocycles. The van der Waals surface area contributed by atoms with Gasteiger partial charge in [-0.1, -0.05) is 35.4 Å². The van der Waals surface area contributed by atoms with E-state index < -0.39 is 0 Å². The Morgan fingerprint density at radius 3 is 2.83 bits per heavy atom. The van der Waals surface area contributed by atoms with Gasteiger partial charge in [0.2, 0.25) is 5.95 Å². The molecule has 1 N–H and O–H groups in total. The van der Waals surface area contributed by atoms with Crippen LogP contribution in [-0.4, -0.2) is 27.3 Å². The van der Waals surface area contributed by atoms with Crippen LogP contribution in [0.5, 0.6) is 5.75 Å². The molecule has 3 aromatic rings. The zero-order valence-corrected chi connectivity index (χ0v) is 12.8. The van der Waals surface area contributed by atoms with Crippen LogP contribution in [0, 0.1) is 0 Å². The van der Waals surface area contributed by atoms with Gasteiger partial charge in [-0.15, -0.1) is 0 Å². The van der Waals surface area contributed by atoms with Gasteiger partial charge in [-0.2, -0.15) is 4.68 Å². The first-order valence-corrected chi connectivity index (χ1v) is 7.63. The highest BCUT2D eigenvalue weighted by atomic mass is 16.5. The zero-order valence-electron chi connectivity index (χ0n) is 12.8. The fraction of sp³-hybridized carbons (Fsp3) is 0.235. The Labute approximate surface area is 134 Å². The smallest absolute Gasteiger partial charge is 0.248 e. The average molecular weight is 307 g/mol. The number of benzene rings is 2. The number of anilines is 1. The standard InChI is InChI=1S/C17H17N5O/c1-23-16-9-5-8-13-14(16)10-11-15(13)18-17-19-20-21-22(17)12-6-3-2-4-7-12/h2-9,15H,10-11H2,1H3,(H,18,19,21). The van der Waals surface area contributed by atoms with Crippen molar-refractivity contribution in [1.82, 2.24) is 20.2 Å². The number of nitrogens with one attached hydrogen (secondary N) is 1. The first kappa shape index (κ1) is 13.8. The zero-order chi connectivity index (χ0) is 15.6. The molecule has 1 aromatic heterocycles. The summed E-state index contributed by atoms with van der Waals surface area (Å²) in [6, 6.07) is 16.2. The SMILES string of the molecule is COc1cccc2c1CCC2Nc1nnnn1-c1ccccc1. The Hall–Kier alpha value is -2.89. The molecule has 0 saturated carbocycles. The first-order chi connectivity index (χ1) is 11.4. The van der Waals surface area contributed by atoms with E-state index in [1.807, 2.05) is 42.5 Å². The molecule has 1 atom stereocenters. The Balaban J connectivity index is 1.64. The van der Waals surface area contributed by atoms with Crippen LogP contribution in [0.25, 0.3) is 5.69 Å². The lowest BCUT2D eigenvalue weighted by molar-refractivity contribution is 0.410. The lowest BCUT2D eigenvalue weighted by Crippen LogP contribution is -2.12. The number of hydrogen-bond acceptors (Lipinski definition) is 5. The third-order valence-corrected chi connectivity index (χ3v) is 4.22. The molecular weight excluding hydrogens is 290 g/mol. The lowest BCUT2D eigenvalue weighted by Gasteiger charge is -2.15. The van der Waals surface area contributed by atoms with Crippen molar-refractivity contribution < 1.29 is 4.74 Å². The van der Waals surface area contributed by atoms with Crippen LogP contribution in [0.3, 0.4) is 0 Å². The molecule has 0 aliphatic heterocycles. The van der Waals surface area contributed by atoms with Gasteiger partial charge in [0.05, 0.1) is 18.8 Å². The normalized spacial score (nSPS) is 16.1. The van der Waals surface area contributed by atoms with Gasteiger partial charge in [-0.3, -0.25) is 0 Å². The Morgan fingerprint density at radius 2 is 2.00 bits per heavy atom. The number of aromatic nitrogens is 4. The summed E-state index contributed by atoms with van der Waals surface area (Å²) in [5, 5.41) is 15.5. The average Bonchev–Trinajstić information content (AvgIpc) is 3.23. The molecule has 23 heavy (non-hydrogen) atoms. The van der Waals surface area contributed by atoms with Crippen molar-refractivity contribution in [2.75, 3.05) is 12.4 Å². The number of para-hydroxylation sites is 1. The molecule has 0 bridgehead atoms. The minimum atomic E-state index is 0.188. The van der Waals surface area contributed by atoms with Gasteiger partial charge < -0.3 is 10.1 Å². The summed E-state index contributed by atoms with van der Waals surface area (Å²) in [7, 11) is 1.71. The van der Waals surface area contributed by atoms with Gasteiger partial charge in [-0.05, 0) is 52.6 Å². The second kappa shape index (κ2) is 5.72. The van der Waals surface area contributed by atoms with E-state index >= 15 is 0 Å². The molecule has 0 amide bonds. The number of fused-ring (bicyclic) bond motifs is 1. The number of hydrogen-bond donors (Lipinski definition) is 1. The van der Waals surface area contributed by atoms with Crippen LogP contribution in [0.2, 0.25) is 0 Å². The van der Waals surface area contributed by atoms with Crippen LogP contribution in [0.4, 0.5) is 5.95 Å². The summed E-state index contributed by atoms with van der Waals surface area (Å²) in [5.41, 5.74) is 3.46. The topological polar surface area (TPSA) is 64.9 Å². The molecule has 0 saturated heterocycles. The minimum absolute atomic E-state index is 0.188. The Bertz CT molecular complexity index is 815. The van der Waals surface area contributed by atoms with Crippen molar-refractivity contribution in [2.24, 2.45) is 0 Å². The first-order valence-electron chi connectivity index (χ1n) is 7.63. The fourth-order valence-corrected chi connectivity index (χ4v) is 3.14. The summed E-state index contributed by atoms with van der Waals surface area (Å²) in [5.74, 6) is 1.60. The van der Waals surface area contributed by atoms with Crippen molar-refractivity contribution >= 4 is 5.95 Å². The van der Waals surface area contributed by atoms with E-state index in [9.17, 15) is 0 Å². The second-order valence-electron chi connectivity index (χ2n) is 5.51. The lowest BCUT2D eigenvalue weighted by atomic mass is 10.1. The van der Waals surface area contributed by atoms with Crippen LogP contribution in [0.15, 0.2) is 48.5 Å². The third kappa shape index (κ3) is 2.42. The van der Waals surface area contributed by atoms with Crippen LogP contribution >= 0.6 is 0 Å². The summed E-state index contributed by atoms with van der Waals surface area (Å²) >= 11 is 0. The van der Waals surface area contributed by atoms with Crippen LogP contribution < -0.4 is 10.1 Å². The van der Waals surface area contributed by atoms with Crippen molar-refractivity contribution in [3.63, 3.8) is 0 Å². The van der Waals surface area contributed by atoms with Gasteiger partial charge in [-0.25, -0.2) is 0 Å². The molecule has 0 spiro atoms. The minimum Gasteiger partial charge on any atom is -0.496 e. The summed E-state index contributed by atoms with van der Waals surface area (Å²) in [6.07, 6.45) is 1.99. The maximum Gasteiger partial charge on any atom is 0.248 e. The number of ether oxygens (including phenoxy) is 1. The Morgan fingerprint density at radius 1 is 1.13 bits per heavy atom. The predicted molar refractivity (Wildman–Crippen MR) is 86.8 cm³/mol. The second-order valence-corrected chi connectivity index (χ2v) is 5.51. The maximum absolute atomic E-state index is 5.46. The molecule has 2 aromatic carbocycles. The quantitative estimate of drug-likeness (QED) is 0.803. The third-order valence-electron chi connectivity index (χ3n) is 4.22. The van der Waals surface area contributed by atoms with Crippen LogP contribution in [0.1, 0.15) is 23.6 Å². The van der Waals surface area contributed by atoms with Crippen LogP contribution in [-0.2, 0) is 6.42 Å². The van der Waals surface area contributed by atoms with E-state index in [-0.39, 0.29) is 6.04 Å². The van der Waals surface area contributed by atoms with Crippen molar-refractivity contribution in [3.8, 4) is 11.4 Å². The molecule has 0 radical (unpaired) electrons. The van der Waals surface area contributed by atoms with Crippen molar-refractivity contribution in [1.29, 1.82) is 0 Å². The number of methoxy groups -OCH3 is 1. The van der Waals surface area contributed by atoms with E-state index in [0.717, 1.165) is 24.3 Å². The molecule has 6 nitrogen and oxygen atoms in total. The summed E-state index contributed by atoms with van der Waals surface area (Å²) in [4.78, 5) is 0. The highest BCUT2D eigenvalue weighted by Crippen LogP contribution is 2.38. The molecule has 1 aliphatic carbocycles. The van der Waals surface area contributed by atoms with E-state index in [1.165, 1.54) is 11.1 Å². The number of nitrogens with zero attached hydrogens (tertiary/aromatic N) is 4. The molecule has 116 valence electrons. The number of rotatable bonds is 4. The van der Waals surface area contributed by atoms with Gasteiger partial charge >= 0.3 is 0 Å². The largest absolute Gasteiger partial charge is 0.496 e. The Kier molecular flexibility index (Phi) is 3.42. The molecular formula is C17H17N5O. The van der Waals surface area contributed by atoms with E-state index in [4.69, 9.17) is 4.74 Å². The fourth-order valence-electron chi connectivity index (χ4n) is 3.14. The molecule has 1 aliphatic rings. The van der Waals surface area contributed by atoms with Gasteiger partial charge in [0, 0.05) is 0 Å². The molecule has 6 heteroatoms. The number of tetrazole rings is 1. The highest BCUT2D eigenvalue weighted by Gasteiger charge is 2.26. The van der Waals surface area contributed by atoms with Crippen molar-refractivity contribution in [3.05, 3.63) is 59.7 Å². The monoisotopic (exact) mass is 307 g/mol.